The molecule has 0 aliphatic rings. The van der Waals surface area contributed by atoms with Gasteiger partial charge in [0, 0.05) is 6.20 Å². The van der Waals surface area contributed by atoms with Crippen LogP contribution in [0.1, 0.15) is 6.92 Å². The van der Waals surface area contributed by atoms with E-state index in [9.17, 15) is 9.18 Å². The summed E-state index contributed by atoms with van der Waals surface area (Å²) in [4.78, 5) is 16.5. The first kappa shape index (κ1) is 14.6. The topological polar surface area (TPSA) is 46.4 Å². The van der Waals surface area contributed by atoms with E-state index in [0.717, 1.165) is 10.7 Å². The summed E-state index contributed by atoms with van der Waals surface area (Å²) in [7, 11) is 0. The molecule has 0 bridgehead atoms. The third-order valence-electron chi connectivity index (χ3n) is 3.19. The van der Waals surface area contributed by atoms with E-state index in [2.05, 4.69) is 10.3 Å². The number of carbonyl (C=O) groups is 1. The van der Waals surface area contributed by atoms with Gasteiger partial charge in [0.05, 0.1) is 22.7 Å². The standard InChI is InChI=1S/C16H14FN3OS/c1-11(15(21)19-14-8-3-2-7-13(14)17)22-16-18-10-12-6-4-5-9-20(12)16/h2-11H,1H3,(H,19,21)/t11-/m1/s1. The van der Waals surface area contributed by atoms with Crippen molar-refractivity contribution in [1.29, 1.82) is 0 Å². The van der Waals surface area contributed by atoms with Crippen LogP contribution in [-0.2, 0) is 4.79 Å². The number of amides is 1. The van der Waals surface area contributed by atoms with E-state index in [1.807, 2.05) is 28.8 Å². The Bertz CT molecular complexity index is 818. The van der Waals surface area contributed by atoms with Crippen LogP contribution < -0.4 is 5.32 Å². The quantitative estimate of drug-likeness (QED) is 0.748. The van der Waals surface area contributed by atoms with Gasteiger partial charge < -0.3 is 5.32 Å². The van der Waals surface area contributed by atoms with Gasteiger partial charge in [0.1, 0.15) is 5.82 Å². The maximum atomic E-state index is 13.6. The van der Waals surface area contributed by atoms with Crippen molar-refractivity contribution >= 4 is 28.9 Å². The number of hydrogen-bond donors (Lipinski definition) is 1. The number of aromatic nitrogens is 2. The lowest BCUT2D eigenvalue weighted by molar-refractivity contribution is -0.115. The molecule has 0 unspecified atom stereocenters. The summed E-state index contributed by atoms with van der Waals surface area (Å²) in [6.07, 6.45) is 3.65. The molecular weight excluding hydrogens is 301 g/mol. The lowest BCUT2D eigenvalue weighted by Crippen LogP contribution is -2.23. The SMILES string of the molecule is C[C@@H](Sc1ncc2ccccn12)C(=O)Nc1ccccc1F. The van der Waals surface area contributed by atoms with E-state index in [-0.39, 0.29) is 11.6 Å². The van der Waals surface area contributed by atoms with E-state index in [1.165, 1.54) is 23.9 Å². The van der Waals surface area contributed by atoms with Crippen LogP contribution in [0, 0.1) is 5.82 Å². The van der Waals surface area contributed by atoms with Crippen molar-refractivity contribution in [1.82, 2.24) is 9.38 Å². The minimum Gasteiger partial charge on any atom is -0.323 e. The molecule has 2 aromatic heterocycles. The number of anilines is 1. The number of hydrogen-bond acceptors (Lipinski definition) is 3. The first-order chi connectivity index (χ1) is 10.6. The zero-order valence-electron chi connectivity index (χ0n) is 11.9. The number of imidazole rings is 1. The Labute approximate surface area is 131 Å². The van der Waals surface area contributed by atoms with Crippen LogP contribution in [0.5, 0.6) is 0 Å². The van der Waals surface area contributed by atoms with Crippen LogP contribution in [0.2, 0.25) is 0 Å². The Morgan fingerprint density at radius 1 is 1.27 bits per heavy atom. The number of fused-ring (bicyclic) bond motifs is 1. The molecule has 112 valence electrons. The van der Waals surface area contributed by atoms with Crippen LogP contribution in [0.25, 0.3) is 5.52 Å². The van der Waals surface area contributed by atoms with Gasteiger partial charge in [0.25, 0.3) is 0 Å². The van der Waals surface area contributed by atoms with Gasteiger partial charge in [-0.05, 0) is 31.2 Å². The molecule has 3 rings (SSSR count). The first-order valence-electron chi connectivity index (χ1n) is 6.79. The summed E-state index contributed by atoms with van der Waals surface area (Å²) in [5.41, 5.74) is 1.15. The third kappa shape index (κ3) is 2.96. The highest BCUT2D eigenvalue weighted by molar-refractivity contribution is 8.00. The van der Waals surface area contributed by atoms with E-state index in [1.54, 1.807) is 25.3 Å². The molecule has 6 heteroatoms. The van der Waals surface area contributed by atoms with Crippen molar-refractivity contribution in [3.63, 3.8) is 0 Å². The molecule has 1 N–H and O–H groups in total. The Morgan fingerprint density at radius 2 is 2.05 bits per heavy atom. The Kier molecular flexibility index (Phi) is 4.11. The molecule has 0 fully saturated rings. The number of benzene rings is 1. The maximum Gasteiger partial charge on any atom is 0.237 e. The van der Waals surface area contributed by atoms with Gasteiger partial charge in [-0.25, -0.2) is 9.37 Å². The van der Waals surface area contributed by atoms with Gasteiger partial charge in [0.2, 0.25) is 5.91 Å². The van der Waals surface area contributed by atoms with Crippen molar-refractivity contribution < 1.29 is 9.18 Å². The highest BCUT2D eigenvalue weighted by Gasteiger charge is 2.18. The number of nitrogens with one attached hydrogen (secondary N) is 1. The monoisotopic (exact) mass is 315 g/mol. The molecular formula is C16H14FN3OS. The highest BCUT2D eigenvalue weighted by atomic mass is 32.2. The average Bonchev–Trinajstić information content (AvgIpc) is 2.93. The van der Waals surface area contributed by atoms with Crippen LogP contribution >= 0.6 is 11.8 Å². The molecule has 3 aromatic rings. The van der Waals surface area contributed by atoms with E-state index >= 15 is 0 Å². The normalized spacial score (nSPS) is 12.3. The summed E-state index contributed by atoms with van der Waals surface area (Å²) >= 11 is 1.33. The fourth-order valence-corrected chi connectivity index (χ4v) is 2.89. The molecule has 22 heavy (non-hydrogen) atoms. The lowest BCUT2D eigenvalue weighted by Gasteiger charge is -2.11. The lowest BCUT2D eigenvalue weighted by atomic mass is 10.3. The number of thioether (sulfide) groups is 1. The molecule has 0 radical (unpaired) electrons. The second-order valence-corrected chi connectivity index (χ2v) is 6.07. The zero-order chi connectivity index (χ0) is 15.5. The van der Waals surface area contributed by atoms with Crippen molar-refractivity contribution in [3.8, 4) is 0 Å². The molecule has 1 aromatic carbocycles. The van der Waals surface area contributed by atoms with Gasteiger partial charge in [0.15, 0.2) is 5.16 Å². The van der Waals surface area contributed by atoms with Crippen LogP contribution in [0.4, 0.5) is 10.1 Å². The molecule has 1 atom stereocenters. The number of carbonyl (C=O) groups excluding carboxylic acids is 1. The highest BCUT2D eigenvalue weighted by Crippen LogP contribution is 2.24. The molecule has 4 nitrogen and oxygen atoms in total. The van der Waals surface area contributed by atoms with Crippen LogP contribution in [0.3, 0.4) is 0 Å². The van der Waals surface area contributed by atoms with Crippen molar-refractivity contribution in [2.45, 2.75) is 17.3 Å². The largest absolute Gasteiger partial charge is 0.323 e. The molecule has 1 amide bonds. The fourth-order valence-electron chi connectivity index (χ4n) is 2.02. The number of nitrogens with zero attached hydrogens (tertiary/aromatic N) is 2. The summed E-state index contributed by atoms with van der Waals surface area (Å²) in [5.74, 6) is -0.706. The molecule has 0 aliphatic heterocycles. The minimum absolute atomic E-state index is 0.188. The van der Waals surface area contributed by atoms with Crippen molar-refractivity contribution in [2.24, 2.45) is 0 Å². The number of rotatable bonds is 4. The molecule has 0 saturated carbocycles. The Hall–Kier alpha value is -2.34. The van der Waals surface area contributed by atoms with Crippen LogP contribution in [-0.4, -0.2) is 20.5 Å². The zero-order valence-corrected chi connectivity index (χ0v) is 12.7. The van der Waals surface area contributed by atoms with E-state index in [4.69, 9.17) is 0 Å². The third-order valence-corrected chi connectivity index (χ3v) is 4.27. The van der Waals surface area contributed by atoms with Gasteiger partial charge in [-0.2, -0.15) is 0 Å². The number of pyridine rings is 1. The summed E-state index contributed by atoms with van der Waals surface area (Å²) in [5, 5.41) is 2.93. The fraction of sp³-hybridized carbons (Fsp3) is 0.125. The maximum absolute atomic E-state index is 13.6. The first-order valence-corrected chi connectivity index (χ1v) is 7.67. The second-order valence-electron chi connectivity index (χ2n) is 4.77. The van der Waals surface area contributed by atoms with Crippen molar-refractivity contribution in [2.75, 3.05) is 5.32 Å². The van der Waals surface area contributed by atoms with Gasteiger partial charge in [-0.15, -0.1) is 0 Å². The predicted molar refractivity (Wildman–Crippen MR) is 85.5 cm³/mol. The minimum atomic E-state index is -0.445. The summed E-state index contributed by atoms with van der Waals surface area (Å²) < 4.78 is 15.5. The molecule has 0 spiro atoms. The number of halogens is 1. The van der Waals surface area contributed by atoms with Gasteiger partial charge >= 0.3 is 0 Å². The van der Waals surface area contributed by atoms with Gasteiger partial charge in [-0.1, -0.05) is 30.0 Å². The average molecular weight is 315 g/mol. The second kappa shape index (κ2) is 6.19. The smallest absolute Gasteiger partial charge is 0.237 e. The molecule has 2 heterocycles. The van der Waals surface area contributed by atoms with E-state index < -0.39 is 11.1 Å². The van der Waals surface area contributed by atoms with Crippen LogP contribution in [0.15, 0.2) is 60.0 Å². The molecule has 0 aliphatic carbocycles. The summed E-state index contributed by atoms with van der Waals surface area (Å²) in [6.45, 7) is 1.77. The molecule has 0 saturated heterocycles. The number of para-hydroxylation sites is 1. The summed E-state index contributed by atoms with van der Waals surface area (Å²) in [6, 6.07) is 11.9. The predicted octanol–water partition coefficient (Wildman–Crippen LogP) is 3.59. The van der Waals surface area contributed by atoms with Crippen molar-refractivity contribution in [3.05, 3.63) is 60.7 Å². The van der Waals surface area contributed by atoms with Gasteiger partial charge in [-0.3, -0.25) is 9.20 Å². The van der Waals surface area contributed by atoms with E-state index in [0.29, 0.717) is 0 Å². The Morgan fingerprint density at radius 3 is 2.86 bits per heavy atom. The Balaban J connectivity index is 1.73.